The Morgan fingerprint density at radius 3 is 2.61 bits per heavy atom. The summed E-state index contributed by atoms with van der Waals surface area (Å²) in [5.74, 6) is -2.80. The lowest BCUT2D eigenvalue weighted by molar-refractivity contribution is -0.214. The number of fused-ring (bicyclic) bond motifs is 3. The molecule has 0 aromatic carbocycles. The van der Waals surface area contributed by atoms with Crippen LogP contribution in [-0.4, -0.2) is 77.1 Å². The zero-order valence-electron chi connectivity index (χ0n) is 22.7. The van der Waals surface area contributed by atoms with Crippen LogP contribution in [0.3, 0.4) is 0 Å². The number of esters is 3. The molecule has 2 aliphatic heterocycles. The van der Waals surface area contributed by atoms with Crippen molar-refractivity contribution in [3.05, 3.63) is 11.8 Å². The van der Waals surface area contributed by atoms with E-state index in [2.05, 4.69) is 0 Å². The second-order valence-corrected chi connectivity index (χ2v) is 12.6. The highest BCUT2D eigenvalue weighted by atomic mass is 16.7. The van der Waals surface area contributed by atoms with Crippen molar-refractivity contribution in [3.63, 3.8) is 0 Å². The van der Waals surface area contributed by atoms with Gasteiger partial charge >= 0.3 is 17.9 Å². The fraction of sp³-hybridized carbons (Fsp3) is 0.815. The number of rotatable bonds is 8. The Morgan fingerprint density at radius 1 is 1.29 bits per heavy atom. The second kappa shape index (κ2) is 8.90. The first kappa shape index (κ1) is 27.4. The molecule has 3 bridgehead atoms. The lowest BCUT2D eigenvalue weighted by Crippen LogP contribution is -2.60. The fourth-order valence-corrected chi connectivity index (χ4v) is 7.79. The van der Waals surface area contributed by atoms with Gasteiger partial charge in [0.05, 0.1) is 30.0 Å². The van der Waals surface area contributed by atoms with Crippen molar-refractivity contribution in [2.24, 2.45) is 40.2 Å². The maximum absolute atomic E-state index is 13.4. The molecule has 1 saturated heterocycles. The number of carbonyl (C=O) groups excluding carboxylic acids is 3. The molecule has 38 heavy (non-hydrogen) atoms. The maximum Gasteiger partial charge on any atom is 0.326 e. The summed E-state index contributed by atoms with van der Waals surface area (Å²) in [6.45, 7) is 9.99. The molecule has 5 aliphatic rings. The van der Waals surface area contributed by atoms with Gasteiger partial charge in [-0.2, -0.15) is 0 Å². The normalized spacial score (nSPS) is 42.8. The van der Waals surface area contributed by atoms with Crippen LogP contribution in [0.5, 0.6) is 0 Å². The van der Waals surface area contributed by atoms with Gasteiger partial charge in [0, 0.05) is 41.6 Å². The fourth-order valence-electron chi connectivity index (χ4n) is 7.79. The smallest absolute Gasteiger partial charge is 0.326 e. The summed E-state index contributed by atoms with van der Waals surface area (Å²) < 4.78 is 29.3. The molecule has 3 aliphatic carbocycles. The van der Waals surface area contributed by atoms with Gasteiger partial charge in [-0.15, -0.1) is 0 Å². The Kier molecular flexibility index (Phi) is 6.41. The summed E-state index contributed by atoms with van der Waals surface area (Å²) in [6, 6.07) is -1.29. The first-order valence-corrected chi connectivity index (χ1v) is 13.4. The minimum absolute atomic E-state index is 0.0995. The highest BCUT2D eigenvalue weighted by Gasteiger charge is 2.82. The monoisotopic (exact) mass is 537 g/mol. The van der Waals surface area contributed by atoms with Crippen LogP contribution < -0.4 is 5.73 Å². The Hall–Kier alpha value is -2.21. The minimum atomic E-state index is -1.50. The third kappa shape index (κ3) is 3.72. The topological polar surface area (TPSA) is 164 Å². The lowest BCUT2D eigenvalue weighted by atomic mass is 9.61. The molecule has 11 nitrogen and oxygen atoms in total. The van der Waals surface area contributed by atoms with E-state index in [4.69, 9.17) is 29.4 Å². The molecule has 12 atom stereocenters. The second-order valence-electron chi connectivity index (χ2n) is 12.6. The molecule has 0 aromatic rings. The van der Waals surface area contributed by atoms with E-state index >= 15 is 0 Å². The van der Waals surface area contributed by atoms with Crippen molar-refractivity contribution in [1.82, 2.24) is 0 Å². The van der Waals surface area contributed by atoms with Gasteiger partial charge in [-0.1, -0.05) is 6.92 Å². The Morgan fingerprint density at radius 2 is 1.97 bits per heavy atom. The van der Waals surface area contributed by atoms with Crippen LogP contribution in [0.25, 0.3) is 0 Å². The predicted molar refractivity (Wildman–Crippen MR) is 130 cm³/mol. The maximum atomic E-state index is 13.4. The quantitative estimate of drug-likeness (QED) is 0.296. The van der Waals surface area contributed by atoms with Gasteiger partial charge in [0.1, 0.15) is 18.2 Å². The summed E-state index contributed by atoms with van der Waals surface area (Å²) in [6.07, 6.45) is -1.11. The number of ether oxygens (including phenoxy) is 5. The Balaban J connectivity index is 1.44. The third-order valence-electron chi connectivity index (χ3n) is 9.89. The molecule has 0 amide bonds. The number of hydrogen-bond donors (Lipinski definition) is 3. The predicted octanol–water partition coefficient (Wildman–Crippen LogP) is 0.790. The first-order valence-electron chi connectivity index (χ1n) is 13.4. The molecule has 0 aromatic heterocycles. The zero-order chi connectivity index (χ0) is 27.9. The number of nitrogens with two attached hydrogens (primary N) is 1. The van der Waals surface area contributed by atoms with Crippen LogP contribution in [0.4, 0.5) is 0 Å². The standard InChI is InChI=1S/C27H39NO10/c1-11(12(2)36-13(3)29)9-34-23-14-7-17(30)20-26(6)15-8-27(14,20)16(10-35-23)19(38-24(26)32)18(15)37-22(31)21(28)25(4,5)33/h10-12,14-15,17-21,23,30,33H,7-9,28H2,1-6H3/t11-,12+,14-,15+,17-,18?,19-,20+,21-,23-,26-,27+/m1/s1. The van der Waals surface area contributed by atoms with Gasteiger partial charge in [0.15, 0.2) is 6.10 Å². The first-order chi connectivity index (χ1) is 17.6. The molecule has 11 heteroatoms. The van der Waals surface area contributed by atoms with Crippen molar-refractivity contribution >= 4 is 17.9 Å². The molecule has 3 saturated carbocycles. The molecule has 5 rings (SSSR count). The van der Waals surface area contributed by atoms with Crippen molar-refractivity contribution in [2.75, 3.05) is 6.61 Å². The number of hydrogen-bond acceptors (Lipinski definition) is 11. The summed E-state index contributed by atoms with van der Waals surface area (Å²) >= 11 is 0. The van der Waals surface area contributed by atoms with E-state index in [1.54, 1.807) is 20.1 Å². The Labute approximate surface area is 221 Å². The number of aliphatic hydroxyl groups is 2. The third-order valence-corrected chi connectivity index (χ3v) is 9.89. The largest absolute Gasteiger partial charge is 0.472 e. The van der Waals surface area contributed by atoms with Crippen molar-refractivity contribution in [2.45, 2.75) is 96.7 Å². The van der Waals surface area contributed by atoms with Crippen LogP contribution in [0.15, 0.2) is 11.8 Å². The molecule has 2 heterocycles. The molecule has 4 fully saturated rings. The van der Waals surface area contributed by atoms with Crippen LogP contribution in [-0.2, 0) is 38.1 Å². The van der Waals surface area contributed by atoms with E-state index in [9.17, 15) is 24.6 Å². The van der Waals surface area contributed by atoms with Gasteiger partial charge in [-0.3, -0.25) is 14.4 Å². The van der Waals surface area contributed by atoms with Crippen LogP contribution in [0.1, 0.15) is 54.4 Å². The lowest BCUT2D eigenvalue weighted by Gasteiger charge is -2.51. The van der Waals surface area contributed by atoms with E-state index < -0.39 is 70.8 Å². The average molecular weight is 538 g/mol. The highest BCUT2D eigenvalue weighted by Crippen LogP contribution is 2.77. The van der Waals surface area contributed by atoms with Gasteiger partial charge in [-0.05, 0) is 40.5 Å². The molecular formula is C27H39NO10. The average Bonchev–Trinajstić information content (AvgIpc) is 3.22. The SMILES string of the molecule is CC(=O)O[C@@H](C)[C@H](C)CO[C@@H]1OC=C2[C@H]3OC(=O)[C@]4(C)[C@@H](C[C@]25[C@@H]1C[C@@H](O)[C@@H]45)C3OC(=O)[C@@H](N)C(C)(C)O. The molecule has 1 spiro atoms. The number of aliphatic hydroxyl groups excluding tert-OH is 1. The van der Waals surface area contributed by atoms with E-state index in [0.717, 1.165) is 0 Å². The molecule has 212 valence electrons. The van der Waals surface area contributed by atoms with Crippen LogP contribution >= 0.6 is 0 Å². The van der Waals surface area contributed by atoms with E-state index in [1.807, 2.05) is 6.92 Å². The summed E-state index contributed by atoms with van der Waals surface area (Å²) in [7, 11) is 0. The Bertz CT molecular complexity index is 1050. The highest BCUT2D eigenvalue weighted by molar-refractivity contribution is 5.83. The molecular weight excluding hydrogens is 498 g/mol. The van der Waals surface area contributed by atoms with Crippen LogP contribution in [0, 0.1) is 34.5 Å². The zero-order valence-corrected chi connectivity index (χ0v) is 22.7. The molecule has 0 radical (unpaired) electrons. The van der Waals surface area contributed by atoms with Crippen LogP contribution in [0.2, 0.25) is 0 Å². The summed E-state index contributed by atoms with van der Waals surface area (Å²) in [5.41, 5.74) is 3.42. The van der Waals surface area contributed by atoms with Crippen molar-refractivity contribution < 1.29 is 48.3 Å². The van der Waals surface area contributed by atoms with Gasteiger partial charge in [0.2, 0.25) is 6.29 Å². The van der Waals surface area contributed by atoms with E-state index in [0.29, 0.717) is 18.4 Å². The van der Waals surface area contributed by atoms with Gasteiger partial charge in [0.25, 0.3) is 0 Å². The van der Waals surface area contributed by atoms with Gasteiger partial charge < -0.3 is 39.6 Å². The minimum Gasteiger partial charge on any atom is -0.472 e. The summed E-state index contributed by atoms with van der Waals surface area (Å²) in [5, 5.41) is 21.6. The van der Waals surface area contributed by atoms with Crippen molar-refractivity contribution in [1.29, 1.82) is 0 Å². The van der Waals surface area contributed by atoms with E-state index in [1.165, 1.54) is 20.8 Å². The van der Waals surface area contributed by atoms with Gasteiger partial charge in [-0.25, -0.2) is 0 Å². The summed E-state index contributed by atoms with van der Waals surface area (Å²) in [4.78, 5) is 37.7. The molecule has 4 N–H and O–H groups in total. The van der Waals surface area contributed by atoms with Crippen molar-refractivity contribution in [3.8, 4) is 0 Å². The van der Waals surface area contributed by atoms with E-state index in [-0.39, 0.29) is 30.5 Å². The molecule has 1 unspecified atom stereocenters. The number of carbonyl (C=O) groups is 3.